The SMILES string of the molecule is CCCCC(CC)Cn1c2ccc(/C(=N\OC(C)=O)c3ccc(OC(C)COC)cc3C)cc2c2cc(C(=O)c3c(C)cc(C)cc3C)c3ccccc3c21. The average molecular weight is 739 g/mol. The standard InChI is InChI=1S/C48H54N2O5/c1-10-12-15-35(11-2)27-50-44-21-18-36(46(49-55-34(8)51)38-20-19-37(24-30(38)4)54-33(7)28-53-9)25-41(44)42-26-43(39-16-13-14-17-40(39)47(42)50)48(52)45-31(5)22-29(3)23-32(45)6/h13-14,16-26,33,35H,10-12,15,27-28H2,1-9H3/b49-46+. The van der Waals surface area contributed by atoms with Gasteiger partial charge in [0.1, 0.15) is 17.6 Å². The number of nitrogens with zero attached hydrogens (tertiary/aromatic N) is 2. The molecule has 0 amide bonds. The first kappa shape index (κ1) is 39.4. The van der Waals surface area contributed by atoms with Crippen LogP contribution >= 0.6 is 0 Å². The number of ether oxygens (including phenoxy) is 2. The number of aromatic nitrogens is 1. The van der Waals surface area contributed by atoms with Crippen molar-refractivity contribution in [1.82, 2.24) is 4.57 Å². The topological polar surface area (TPSA) is 79.1 Å². The number of carbonyl (C=O) groups excluding carboxylic acids is 2. The molecule has 0 aliphatic carbocycles. The minimum atomic E-state index is -0.504. The summed E-state index contributed by atoms with van der Waals surface area (Å²) in [6.07, 6.45) is 4.43. The predicted octanol–water partition coefficient (Wildman–Crippen LogP) is 11.4. The van der Waals surface area contributed by atoms with E-state index in [0.29, 0.717) is 29.5 Å². The van der Waals surface area contributed by atoms with Crippen LogP contribution in [0.15, 0.2) is 84.0 Å². The van der Waals surface area contributed by atoms with Gasteiger partial charge in [-0.25, -0.2) is 4.79 Å². The van der Waals surface area contributed by atoms with Crippen molar-refractivity contribution in [3.8, 4) is 5.75 Å². The van der Waals surface area contributed by atoms with Crippen LogP contribution in [-0.2, 0) is 20.9 Å². The van der Waals surface area contributed by atoms with E-state index in [4.69, 9.17) is 14.3 Å². The van der Waals surface area contributed by atoms with E-state index < -0.39 is 5.97 Å². The molecule has 6 aromatic rings. The highest BCUT2D eigenvalue weighted by Crippen LogP contribution is 2.39. The van der Waals surface area contributed by atoms with Crippen LogP contribution in [0.25, 0.3) is 32.6 Å². The second kappa shape index (κ2) is 17.0. The quantitative estimate of drug-likeness (QED) is 0.0453. The summed E-state index contributed by atoms with van der Waals surface area (Å²) < 4.78 is 13.8. The van der Waals surface area contributed by atoms with E-state index >= 15 is 0 Å². The summed E-state index contributed by atoms with van der Waals surface area (Å²) in [6.45, 7) is 17.3. The van der Waals surface area contributed by atoms with Gasteiger partial charge in [0.15, 0.2) is 5.78 Å². The van der Waals surface area contributed by atoms with Crippen molar-refractivity contribution < 1.29 is 23.9 Å². The Labute approximate surface area is 325 Å². The van der Waals surface area contributed by atoms with Crippen molar-refractivity contribution in [3.63, 3.8) is 0 Å². The van der Waals surface area contributed by atoms with E-state index in [-0.39, 0.29) is 11.9 Å². The summed E-state index contributed by atoms with van der Waals surface area (Å²) in [5.74, 6) is 0.727. The van der Waals surface area contributed by atoms with Crippen LogP contribution in [0.4, 0.5) is 0 Å². The molecular weight excluding hydrogens is 685 g/mol. The maximum absolute atomic E-state index is 14.7. The fourth-order valence-electron chi connectivity index (χ4n) is 8.18. The molecule has 7 nitrogen and oxygen atoms in total. The molecule has 0 radical (unpaired) electrons. The van der Waals surface area contributed by atoms with Crippen molar-refractivity contribution in [1.29, 1.82) is 0 Å². The first-order valence-electron chi connectivity index (χ1n) is 19.6. The average Bonchev–Trinajstić information content (AvgIpc) is 3.45. The van der Waals surface area contributed by atoms with Gasteiger partial charge in [-0.1, -0.05) is 86.3 Å². The monoisotopic (exact) mass is 738 g/mol. The van der Waals surface area contributed by atoms with Crippen LogP contribution in [0, 0.1) is 33.6 Å². The Morgan fingerprint density at radius 3 is 2.18 bits per heavy atom. The van der Waals surface area contributed by atoms with Gasteiger partial charge in [-0.15, -0.1) is 0 Å². The number of methoxy groups -OCH3 is 1. The molecule has 1 aromatic heterocycles. The van der Waals surface area contributed by atoms with Crippen molar-refractivity contribution in [3.05, 3.63) is 123 Å². The Morgan fingerprint density at radius 2 is 1.53 bits per heavy atom. The molecule has 55 heavy (non-hydrogen) atoms. The molecule has 2 atom stereocenters. The van der Waals surface area contributed by atoms with Gasteiger partial charge >= 0.3 is 5.97 Å². The Kier molecular flexibility index (Phi) is 12.2. The number of aryl methyl sites for hydroxylation is 4. The number of fused-ring (bicyclic) bond motifs is 5. The van der Waals surface area contributed by atoms with Gasteiger partial charge in [0.2, 0.25) is 0 Å². The molecule has 7 heteroatoms. The van der Waals surface area contributed by atoms with E-state index in [1.54, 1.807) is 7.11 Å². The van der Waals surface area contributed by atoms with Gasteiger partial charge in [0.05, 0.1) is 12.1 Å². The molecule has 0 N–H and O–H groups in total. The van der Waals surface area contributed by atoms with Crippen LogP contribution in [0.3, 0.4) is 0 Å². The molecule has 0 aliphatic rings. The smallest absolute Gasteiger partial charge is 0.332 e. The second-order valence-electron chi connectivity index (χ2n) is 15.1. The van der Waals surface area contributed by atoms with Crippen LogP contribution in [0.1, 0.15) is 103 Å². The Bertz CT molecular complexity index is 2400. The lowest BCUT2D eigenvalue weighted by molar-refractivity contribution is -0.140. The van der Waals surface area contributed by atoms with Crippen molar-refractivity contribution in [2.75, 3.05) is 13.7 Å². The number of unbranched alkanes of at least 4 members (excludes halogenated alkanes) is 1. The summed E-state index contributed by atoms with van der Waals surface area (Å²) >= 11 is 0. The molecule has 286 valence electrons. The number of ketones is 1. The number of hydrogen-bond donors (Lipinski definition) is 0. The van der Waals surface area contributed by atoms with Gasteiger partial charge in [-0.05, 0) is 105 Å². The molecule has 5 aromatic carbocycles. The second-order valence-corrected chi connectivity index (χ2v) is 15.1. The number of hydrogen-bond acceptors (Lipinski definition) is 6. The van der Waals surface area contributed by atoms with E-state index in [0.717, 1.165) is 97.3 Å². The third-order valence-electron chi connectivity index (χ3n) is 10.7. The molecule has 0 fully saturated rings. The summed E-state index contributed by atoms with van der Waals surface area (Å²) in [4.78, 5) is 32.2. The largest absolute Gasteiger partial charge is 0.488 e. The Hall–Kier alpha value is -5.27. The van der Waals surface area contributed by atoms with E-state index in [1.807, 2.05) is 52.0 Å². The normalized spacial score (nSPS) is 13.1. The van der Waals surface area contributed by atoms with Crippen LogP contribution < -0.4 is 4.74 Å². The minimum absolute atomic E-state index is 0.0226. The van der Waals surface area contributed by atoms with Gasteiger partial charge in [-0.3, -0.25) is 4.79 Å². The molecular formula is C48H54N2O5. The van der Waals surface area contributed by atoms with Crippen molar-refractivity contribution in [2.24, 2.45) is 11.1 Å². The lowest BCUT2D eigenvalue weighted by atomic mass is 9.89. The van der Waals surface area contributed by atoms with Gasteiger partial charge in [-0.2, -0.15) is 0 Å². The first-order chi connectivity index (χ1) is 26.4. The van der Waals surface area contributed by atoms with Crippen LogP contribution in [-0.4, -0.2) is 41.9 Å². The zero-order valence-corrected chi connectivity index (χ0v) is 33.8. The molecule has 0 saturated heterocycles. The highest BCUT2D eigenvalue weighted by Gasteiger charge is 2.24. The molecule has 6 rings (SSSR count). The third-order valence-corrected chi connectivity index (χ3v) is 10.7. The molecule has 2 unspecified atom stereocenters. The molecule has 0 spiro atoms. The van der Waals surface area contributed by atoms with E-state index in [9.17, 15) is 9.59 Å². The molecule has 0 bridgehead atoms. The third kappa shape index (κ3) is 8.23. The van der Waals surface area contributed by atoms with Gasteiger partial charge in [0, 0.05) is 64.5 Å². The number of rotatable bonds is 15. The van der Waals surface area contributed by atoms with E-state index in [2.05, 4.69) is 85.1 Å². The maximum Gasteiger partial charge on any atom is 0.332 e. The summed E-state index contributed by atoms with van der Waals surface area (Å²) in [5.41, 5.74) is 9.79. The predicted molar refractivity (Wildman–Crippen MR) is 225 cm³/mol. The first-order valence-corrected chi connectivity index (χ1v) is 19.6. The number of benzene rings is 5. The summed E-state index contributed by atoms with van der Waals surface area (Å²) in [7, 11) is 1.65. The fraction of sp³-hybridized carbons (Fsp3) is 0.354. The lowest BCUT2D eigenvalue weighted by Crippen LogP contribution is -2.18. The zero-order valence-electron chi connectivity index (χ0n) is 33.8. The minimum Gasteiger partial charge on any atom is -0.488 e. The molecule has 1 heterocycles. The van der Waals surface area contributed by atoms with Crippen molar-refractivity contribution in [2.45, 2.75) is 93.7 Å². The maximum atomic E-state index is 14.7. The van der Waals surface area contributed by atoms with Crippen LogP contribution in [0.2, 0.25) is 0 Å². The number of carbonyl (C=O) groups is 2. The Balaban J connectivity index is 1.62. The highest BCUT2D eigenvalue weighted by molar-refractivity contribution is 6.27. The van der Waals surface area contributed by atoms with Gasteiger partial charge < -0.3 is 18.9 Å². The van der Waals surface area contributed by atoms with Crippen molar-refractivity contribution >= 4 is 50.0 Å². The fourth-order valence-corrected chi connectivity index (χ4v) is 8.18. The molecule has 0 saturated carbocycles. The zero-order chi connectivity index (χ0) is 39.4. The van der Waals surface area contributed by atoms with Gasteiger partial charge in [0.25, 0.3) is 0 Å². The van der Waals surface area contributed by atoms with Crippen LogP contribution in [0.5, 0.6) is 5.75 Å². The summed E-state index contributed by atoms with van der Waals surface area (Å²) in [6, 6.07) is 26.8. The number of oxime groups is 1. The van der Waals surface area contributed by atoms with E-state index in [1.165, 1.54) is 13.3 Å². The highest BCUT2D eigenvalue weighted by atomic mass is 16.7. The molecule has 0 aliphatic heterocycles. The summed E-state index contributed by atoms with van der Waals surface area (Å²) in [5, 5.41) is 8.45. The Morgan fingerprint density at radius 1 is 0.800 bits per heavy atom. The lowest BCUT2D eigenvalue weighted by Gasteiger charge is -2.19.